The first-order valence-electron chi connectivity index (χ1n) is 7.16. The third kappa shape index (κ3) is 4.14. The normalized spacial score (nSPS) is 30.8. The summed E-state index contributed by atoms with van der Waals surface area (Å²) in [6.45, 7) is 2.57. The molecule has 0 spiro atoms. The lowest BCUT2D eigenvalue weighted by Gasteiger charge is -2.28. The molecule has 1 heteroatoms. The minimum absolute atomic E-state index is 1.00. The Kier molecular flexibility index (Phi) is 4.98. The summed E-state index contributed by atoms with van der Waals surface area (Å²) in [4.78, 5) is 0. The fraction of sp³-hybridized carbons (Fsp3) is 1.00. The SMILES string of the molecule is C1CCCC(C[C@@H]2CCCNC2)CCC1. The predicted octanol–water partition coefficient (Wildman–Crippen LogP) is 3.74. The van der Waals surface area contributed by atoms with Crippen LogP contribution in [-0.2, 0) is 0 Å². The second-order valence-corrected chi connectivity index (χ2v) is 5.66. The minimum atomic E-state index is 1.00. The van der Waals surface area contributed by atoms with Crippen molar-refractivity contribution in [1.82, 2.24) is 5.32 Å². The predicted molar refractivity (Wildman–Crippen MR) is 66.0 cm³/mol. The summed E-state index contributed by atoms with van der Waals surface area (Å²) < 4.78 is 0. The van der Waals surface area contributed by atoms with Gasteiger partial charge in [0.25, 0.3) is 0 Å². The topological polar surface area (TPSA) is 12.0 Å². The zero-order valence-electron chi connectivity index (χ0n) is 10.1. The van der Waals surface area contributed by atoms with Gasteiger partial charge in [0.2, 0.25) is 0 Å². The van der Waals surface area contributed by atoms with Gasteiger partial charge in [-0.3, -0.25) is 0 Å². The van der Waals surface area contributed by atoms with Crippen molar-refractivity contribution in [1.29, 1.82) is 0 Å². The number of nitrogens with one attached hydrogen (secondary N) is 1. The molecule has 0 bridgehead atoms. The van der Waals surface area contributed by atoms with Crippen LogP contribution in [0.5, 0.6) is 0 Å². The molecule has 1 atom stereocenters. The summed E-state index contributed by atoms with van der Waals surface area (Å²) in [5.74, 6) is 2.07. The summed E-state index contributed by atoms with van der Waals surface area (Å²) in [7, 11) is 0. The Morgan fingerprint density at radius 1 is 0.733 bits per heavy atom. The van der Waals surface area contributed by atoms with Crippen molar-refractivity contribution >= 4 is 0 Å². The zero-order valence-corrected chi connectivity index (χ0v) is 10.1. The standard InChI is InChI=1S/C14H27N/c1-2-4-7-13(8-5-3-1)11-14-9-6-10-15-12-14/h13-15H,1-12H2/t14-/m0/s1. The van der Waals surface area contributed by atoms with Crippen molar-refractivity contribution < 1.29 is 0 Å². The third-order valence-electron chi connectivity index (χ3n) is 4.29. The average Bonchev–Trinajstić information content (AvgIpc) is 2.23. The molecule has 0 aromatic heterocycles. The monoisotopic (exact) mass is 209 g/mol. The van der Waals surface area contributed by atoms with Crippen molar-refractivity contribution in [3.63, 3.8) is 0 Å². The van der Waals surface area contributed by atoms with Crippen LogP contribution < -0.4 is 5.32 Å². The number of rotatable bonds is 2. The van der Waals surface area contributed by atoms with Gasteiger partial charge in [-0.05, 0) is 44.2 Å². The minimum Gasteiger partial charge on any atom is -0.316 e. The smallest absolute Gasteiger partial charge is 0.00204 e. The molecule has 2 rings (SSSR count). The lowest BCUT2D eigenvalue weighted by atomic mass is 9.82. The van der Waals surface area contributed by atoms with E-state index in [1.165, 1.54) is 77.3 Å². The highest BCUT2D eigenvalue weighted by atomic mass is 14.9. The van der Waals surface area contributed by atoms with Crippen molar-refractivity contribution in [3.05, 3.63) is 0 Å². The van der Waals surface area contributed by atoms with Crippen LogP contribution in [0.15, 0.2) is 0 Å². The fourth-order valence-corrected chi connectivity index (χ4v) is 3.37. The molecule has 1 saturated carbocycles. The van der Waals surface area contributed by atoms with Gasteiger partial charge in [-0.2, -0.15) is 0 Å². The lowest BCUT2D eigenvalue weighted by molar-refractivity contribution is 0.265. The van der Waals surface area contributed by atoms with Crippen molar-refractivity contribution in [2.45, 2.75) is 64.2 Å². The van der Waals surface area contributed by atoms with E-state index in [0.29, 0.717) is 0 Å². The highest BCUT2D eigenvalue weighted by Crippen LogP contribution is 2.29. The Balaban J connectivity index is 1.70. The summed E-state index contributed by atoms with van der Waals surface area (Å²) in [6.07, 6.45) is 15.0. The van der Waals surface area contributed by atoms with E-state index in [9.17, 15) is 0 Å². The molecule has 1 N–H and O–H groups in total. The molecule has 0 radical (unpaired) electrons. The Morgan fingerprint density at radius 2 is 1.40 bits per heavy atom. The maximum Gasteiger partial charge on any atom is -0.00204 e. The van der Waals surface area contributed by atoms with Crippen LogP contribution in [0.2, 0.25) is 0 Å². The summed E-state index contributed by atoms with van der Waals surface area (Å²) >= 11 is 0. The summed E-state index contributed by atoms with van der Waals surface area (Å²) in [5.41, 5.74) is 0. The van der Waals surface area contributed by atoms with Crippen LogP contribution in [0.1, 0.15) is 64.2 Å². The van der Waals surface area contributed by atoms with E-state index in [2.05, 4.69) is 5.32 Å². The Bertz CT molecular complexity index is 153. The molecular formula is C14H27N. The molecule has 1 aliphatic carbocycles. The van der Waals surface area contributed by atoms with Gasteiger partial charge in [-0.15, -0.1) is 0 Å². The van der Waals surface area contributed by atoms with Gasteiger partial charge in [-0.25, -0.2) is 0 Å². The van der Waals surface area contributed by atoms with Gasteiger partial charge in [0.15, 0.2) is 0 Å². The molecule has 0 amide bonds. The number of hydrogen-bond acceptors (Lipinski definition) is 1. The largest absolute Gasteiger partial charge is 0.316 e. The molecule has 15 heavy (non-hydrogen) atoms. The van der Waals surface area contributed by atoms with Gasteiger partial charge in [0, 0.05) is 0 Å². The molecule has 0 unspecified atom stereocenters. The summed E-state index contributed by atoms with van der Waals surface area (Å²) in [5, 5.41) is 3.55. The molecule has 2 fully saturated rings. The zero-order chi connectivity index (χ0) is 10.3. The number of piperidine rings is 1. The molecular weight excluding hydrogens is 182 g/mol. The van der Waals surface area contributed by atoms with Crippen LogP contribution in [0.25, 0.3) is 0 Å². The molecule has 0 aromatic carbocycles. The third-order valence-corrected chi connectivity index (χ3v) is 4.29. The first-order chi connectivity index (χ1) is 7.45. The highest BCUT2D eigenvalue weighted by molar-refractivity contribution is 4.74. The highest BCUT2D eigenvalue weighted by Gasteiger charge is 2.19. The van der Waals surface area contributed by atoms with E-state index in [1.807, 2.05) is 0 Å². The Labute approximate surface area is 95.0 Å². The van der Waals surface area contributed by atoms with Crippen LogP contribution in [0.3, 0.4) is 0 Å². The fourth-order valence-electron chi connectivity index (χ4n) is 3.37. The van der Waals surface area contributed by atoms with E-state index in [1.54, 1.807) is 0 Å². The summed E-state index contributed by atoms with van der Waals surface area (Å²) in [6, 6.07) is 0. The van der Waals surface area contributed by atoms with Crippen molar-refractivity contribution in [2.24, 2.45) is 11.8 Å². The molecule has 2 aliphatic rings. The van der Waals surface area contributed by atoms with E-state index < -0.39 is 0 Å². The Morgan fingerprint density at radius 3 is 2.07 bits per heavy atom. The van der Waals surface area contributed by atoms with Crippen LogP contribution in [0, 0.1) is 11.8 Å². The molecule has 1 aliphatic heterocycles. The van der Waals surface area contributed by atoms with Crippen molar-refractivity contribution in [2.75, 3.05) is 13.1 Å². The van der Waals surface area contributed by atoms with Gasteiger partial charge in [0.1, 0.15) is 0 Å². The van der Waals surface area contributed by atoms with Crippen LogP contribution >= 0.6 is 0 Å². The quantitative estimate of drug-likeness (QED) is 0.730. The van der Waals surface area contributed by atoms with Gasteiger partial charge in [-0.1, -0.05) is 44.9 Å². The first kappa shape index (κ1) is 11.4. The van der Waals surface area contributed by atoms with E-state index in [4.69, 9.17) is 0 Å². The second-order valence-electron chi connectivity index (χ2n) is 5.66. The van der Waals surface area contributed by atoms with Crippen LogP contribution in [0.4, 0.5) is 0 Å². The van der Waals surface area contributed by atoms with Crippen molar-refractivity contribution in [3.8, 4) is 0 Å². The maximum atomic E-state index is 3.55. The average molecular weight is 209 g/mol. The molecule has 1 nitrogen and oxygen atoms in total. The van der Waals surface area contributed by atoms with Gasteiger partial charge in [0.05, 0.1) is 0 Å². The second kappa shape index (κ2) is 6.52. The van der Waals surface area contributed by atoms with E-state index in [0.717, 1.165) is 11.8 Å². The van der Waals surface area contributed by atoms with E-state index in [-0.39, 0.29) is 0 Å². The van der Waals surface area contributed by atoms with Gasteiger partial charge >= 0.3 is 0 Å². The molecule has 88 valence electrons. The number of hydrogen-bond donors (Lipinski definition) is 1. The van der Waals surface area contributed by atoms with Crippen LogP contribution in [-0.4, -0.2) is 13.1 Å². The van der Waals surface area contributed by atoms with Gasteiger partial charge < -0.3 is 5.32 Å². The Hall–Kier alpha value is -0.0400. The first-order valence-corrected chi connectivity index (χ1v) is 7.16. The van der Waals surface area contributed by atoms with E-state index >= 15 is 0 Å². The lowest BCUT2D eigenvalue weighted by Crippen LogP contribution is -2.31. The molecule has 1 saturated heterocycles. The molecule has 1 heterocycles. The molecule has 0 aromatic rings. The maximum absolute atomic E-state index is 3.55.